The zero-order valence-corrected chi connectivity index (χ0v) is 16.2. The number of nitrogens with zero attached hydrogens (tertiary/aromatic N) is 1. The van der Waals surface area contributed by atoms with Crippen molar-refractivity contribution in [2.75, 3.05) is 20.2 Å². The van der Waals surface area contributed by atoms with Crippen molar-refractivity contribution in [3.8, 4) is 5.75 Å². The van der Waals surface area contributed by atoms with Crippen molar-refractivity contribution in [2.24, 2.45) is 0 Å². The molecule has 0 saturated carbocycles. The number of amides is 1. The Morgan fingerprint density at radius 2 is 1.71 bits per heavy atom. The van der Waals surface area contributed by atoms with Gasteiger partial charge < -0.3 is 10.1 Å². The molecule has 1 heterocycles. The highest BCUT2D eigenvalue weighted by molar-refractivity contribution is 5.94. The lowest BCUT2D eigenvalue weighted by Gasteiger charge is -2.32. The zero-order valence-electron chi connectivity index (χ0n) is 16.2. The standard InChI is InChI=1S/C24H26N2O2/c1-28-23-10-9-20-15-18(7-8-21(20)16-23)17-26-13-11-22(12-14-26)25-24(27)19-5-3-2-4-6-19/h2-10,15-16,22H,11-14,17H2,1H3,(H,25,27). The average molecular weight is 374 g/mol. The van der Waals surface area contributed by atoms with Gasteiger partial charge in [0.2, 0.25) is 0 Å². The van der Waals surface area contributed by atoms with E-state index in [0.717, 1.165) is 43.8 Å². The van der Waals surface area contributed by atoms with Crippen LogP contribution in [-0.4, -0.2) is 37.0 Å². The van der Waals surface area contributed by atoms with Gasteiger partial charge in [0.15, 0.2) is 0 Å². The molecule has 28 heavy (non-hydrogen) atoms. The lowest BCUT2D eigenvalue weighted by molar-refractivity contribution is 0.0909. The molecule has 0 bridgehead atoms. The maximum absolute atomic E-state index is 12.3. The Hall–Kier alpha value is -2.85. The number of piperidine rings is 1. The predicted molar refractivity (Wildman–Crippen MR) is 113 cm³/mol. The van der Waals surface area contributed by atoms with Gasteiger partial charge in [0.1, 0.15) is 5.75 Å². The van der Waals surface area contributed by atoms with Gasteiger partial charge in [0.05, 0.1) is 7.11 Å². The number of nitrogens with one attached hydrogen (secondary N) is 1. The Labute approximate surface area is 166 Å². The summed E-state index contributed by atoms with van der Waals surface area (Å²) in [5, 5.41) is 5.62. The molecule has 3 aromatic carbocycles. The molecule has 1 aliphatic heterocycles. The first-order valence-corrected chi connectivity index (χ1v) is 9.86. The second-order valence-corrected chi connectivity index (χ2v) is 7.44. The van der Waals surface area contributed by atoms with Crippen LogP contribution in [0.4, 0.5) is 0 Å². The van der Waals surface area contributed by atoms with Crippen molar-refractivity contribution in [2.45, 2.75) is 25.4 Å². The molecule has 4 rings (SSSR count). The monoisotopic (exact) mass is 374 g/mol. The van der Waals surface area contributed by atoms with Crippen molar-refractivity contribution in [1.29, 1.82) is 0 Å². The molecule has 4 nitrogen and oxygen atoms in total. The number of hydrogen-bond acceptors (Lipinski definition) is 3. The van der Waals surface area contributed by atoms with Crippen molar-refractivity contribution in [3.05, 3.63) is 77.9 Å². The summed E-state index contributed by atoms with van der Waals surface area (Å²) in [5.41, 5.74) is 2.06. The summed E-state index contributed by atoms with van der Waals surface area (Å²) in [6.45, 7) is 2.95. The average Bonchev–Trinajstić information content (AvgIpc) is 2.75. The van der Waals surface area contributed by atoms with E-state index in [2.05, 4.69) is 40.5 Å². The molecule has 0 atom stereocenters. The van der Waals surface area contributed by atoms with Crippen LogP contribution in [-0.2, 0) is 6.54 Å². The maximum Gasteiger partial charge on any atom is 0.251 e. The molecule has 4 heteroatoms. The van der Waals surface area contributed by atoms with E-state index in [1.807, 2.05) is 36.4 Å². The van der Waals surface area contributed by atoms with Crippen molar-refractivity contribution >= 4 is 16.7 Å². The summed E-state index contributed by atoms with van der Waals surface area (Å²) < 4.78 is 5.30. The van der Waals surface area contributed by atoms with E-state index in [1.54, 1.807) is 7.11 Å². The van der Waals surface area contributed by atoms with Gasteiger partial charge in [-0.2, -0.15) is 0 Å². The van der Waals surface area contributed by atoms with Crippen LogP contribution in [0.5, 0.6) is 5.75 Å². The topological polar surface area (TPSA) is 41.6 Å². The van der Waals surface area contributed by atoms with Crippen molar-refractivity contribution in [3.63, 3.8) is 0 Å². The van der Waals surface area contributed by atoms with Crippen LogP contribution in [0.2, 0.25) is 0 Å². The molecule has 0 radical (unpaired) electrons. The minimum absolute atomic E-state index is 0.0315. The molecular weight excluding hydrogens is 348 g/mol. The number of benzene rings is 3. The summed E-state index contributed by atoms with van der Waals surface area (Å²) in [7, 11) is 1.70. The van der Waals surface area contributed by atoms with E-state index in [9.17, 15) is 4.79 Å². The molecular formula is C24H26N2O2. The highest BCUT2D eigenvalue weighted by Crippen LogP contribution is 2.23. The lowest BCUT2D eigenvalue weighted by Crippen LogP contribution is -2.44. The van der Waals surface area contributed by atoms with Gasteiger partial charge in [0, 0.05) is 31.2 Å². The van der Waals surface area contributed by atoms with Gasteiger partial charge in [-0.3, -0.25) is 9.69 Å². The molecule has 0 aromatic heterocycles. The van der Waals surface area contributed by atoms with Crippen LogP contribution < -0.4 is 10.1 Å². The SMILES string of the molecule is COc1ccc2cc(CN3CCC(NC(=O)c4ccccc4)CC3)ccc2c1. The normalized spacial score (nSPS) is 15.5. The van der Waals surface area contributed by atoms with Gasteiger partial charge in [-0.25, -0.2) is 0 Å². The number of fused-ring (bicyclic) bond motifs is 1. The second-order valence-electron chi connectivity index (χ2n) is 7.44. The highest BCUT2D eigenvalue weighted by atomic mass is 16.5. The first kappa shape index (κ1) is 18.5. The molecule has 144 valence electrons. The van der Waals surface area contributed by atoms with Gasteiger partial charge in [-0.1, -0.05) is 36.4 Å². The Balaban J connectivity index is 1.32. The molecule has 1 amide bonds. The number of likely N-dealkylation sites (tertiary alicyclic amines) is 1. The summed E-state index contributed by atoms with van der Waals surface area (Å²) in [5.74, 6) is 0.920. The third-order valence-electron chi connectivity index (χ3n) is 5.48. The fourth-order valence-corrected chi connectivity index (χ4v) is 3.85. The number of methoxy groups -OCH3 is 1. The summed E-state index contributed by atoms with van der Waals surface area (Å²) in [6, 6.07) is 22.5. The Morgan fingerprint density at radius 1 is 1.00 bits per heavy atom. The van der Waals surface area contributed by atoms with E-state index in [-0.39, 0.29) is 11.9 Å². The summed E-state index contributed by atoms with van der Waals surface area (Å²) in [4.78, 5) is 14.8. The Morgan fingerprint density at radius 3 is 2.46 bits per heavy atom. The minimum Gasteiger partial charge on any atom is -0.497 e. The molecule has 1 N–H and O–H groups in total. The first-order chi connectivity index (χ1) is 13.7. The molecule has 1 fully saturated rings. The highest BCUT2D eigenvalue weighted by Gasteiger charge is 2.21. The molecule has 1 aliphatic rings. The number of carbonyl (C=O) groups excluding carboxylic acids is 1. The van der Waals surface area contributed by atoms with Gasteiger partial charge in [0.25, 0.3) is 5.91 Å². The third-order valence-corrected chi connectivity index (χ3v) is 5.48. The maximum atomic E-state index is 12.3. The van der Waals surface area contributed by atoms with Crippen molar-refractivity contribution in [1.82, 2.24) is 10.2 Å². The van der Waals surface area contributed by atoms with E-state index in [0.29, 0.717) is 0 Å². The number of hydrogen-bond donors (Lipinski definition) is 1. The largest absolute Gasteiger partial charge is 0.497 e. The molecule has 3 aromatic rings. The Kier molecular flexibility index (Phi) is 5.58. The van der Waals surface area contributed by atoms with Crippen molar-refractivity contribution < 1.29 is 9.53 Å². The summed E-state index contributed by atoms with van der Waals surface area (Å²) in [6.07, 6.45) is 1.98. The van der Waals surface area contributed by atoms with Gasteiger partial charge in [-0.05, 0) is 59.5 Å². The smallest absolute Gasteiger partial charge is 0.251 e. The van der Waals surface area contributed by atoms with Crippen LogP contribution in [0.25, 0.3) is 10.8 Å². The first-order valence-electron chi connectivity index (χ1n) is 9.86. The van der Waals surface area contributed by atoms with Crippen LogP contribution in [0.15, 0.2) is 66.7 Å². The van der Waals surface area contributed by atoms with Crippen LogP contribution in [0.3, 0.4) is 0 Å². The van der Waals surface area contributed by atoms with E-state index < -0.39 is 0 Å². The molecule has 0 aliphatic carbocycles. The fourth-order valence-electron chi connectivity index (χ4n) is 3.85. The number of carbonyl (C=O) groups is 1. The lowest BCUT2D eigenvalue weighted by atomic mass is 10.0. The van der Waals surface area contributed by atoms with E-state index in [1.165, 1.54) is 16.3 Å². The van der Waals surface area contributed by atoms with Crippen LogP contribution >= 0.6 is 0 Å². The quantitative estimate of drug-likeness (QED) is 0.726. The molecule has 0 spiro atoms. The minimum atomic E-state index is 0.0315. The summed E-state index contributed by atoms with van der Waals surface area (Å²) >= 11 is 0. The Bertz CT molecular complexity index is 947. The van der Waals surface area contributed by atoms with Gasteiger partial charge in [-0.15, -0.1) is 0 Å². The third kappa shape index (κ3) is 4.34. The van der Waals surface area contributed by atoms with Gasteiger partial charge >= 0.3 is 0 Å². The number of ether oxygens (including phenoxy) is 1. The molecule has 0 unspecified atom stereocenters. The van der Waals surface area contributed by atoms with E-state index >= 15 is 0 Å². The zero-order chi connectivity index (χ0) is 19.3. The number of rotatable bonds is 5. The van der Waals surface area contributed by atoms with Crippen LogP contribution in [0, 0.1) is 0 Å². The second kappa shape index (κ2) is 8.44. The predicted octanol–water partition coefficient (Wildman–Crippen LogP) is 4.24. The molecule has 1 saturated heterocycles. The fraction of sp³-hybridized carbons (Fsp3) is 0.292. The van der Waals surface area contributed by atoms with Crippen LogP contribution in [0.1, 0.15) is 28.8 Å². The van der Waals surface area contributed by atoms with E-state index in [4.69, 9.17) is 4.74 Å².